The number of alkyl halides is 1. The molecule has 0 aromatic heterocycles. The van der Waals surface area contributed by atoms with Crippen LogP contribution in [0.15, 0.2) is 55.6 Å². The molecule has 1 N–H and O–H groups in total. The number of likely N-dealkylation sites (N-methyl/N-ethyl adjacent to an activating group) is 1. The Morgan fingerprint density at radius 3 is 2.43 bits per heavy atom. The van der Waals surface area contributed by atoms with Crippen molar-refractivity contribution in [1.82, 2.24) is 14.7 Å². The molecule has 270 valence electrons. The second-order valence-corrected chi connectivity index (χ2v) is 15.8. The summed E-state index contributed by atoms with van der Waals surface area (Å²) in [4.78, 5) is 61.4. The molecule has 0 saturated carbocycles. The van der Waals surface area contributed by atoms with E-state index in [0.717, 1.165) is 18.4 Å². The van der Waals surface area contributed by atoms with Crippen LogP contribution in [0.1, 0.15) is 84.3 Å². The number of unbranched alkanes of at least 4 members (excludes halogenated alkanes) is 3. The SMILES string of the molecule is C=CCCC(=O)N(C)[C@H](C)[C@H](OC(=O)[C@@H]1[C@H]2O[C@@]3(CC2Br)[C@H](C(=O)N(CC=C)C(C)(C)C)N(CCCCCCO)C(=O)[C@@H]13)c1ccccc1. The fourth-order valence-electron chi connectivity index (χ4n) is 7.76. The number of fused-ring (bicyclic) bond motifs is 1. The van der Waals surface area contributed by atoms with Crippen LogP contribution < -0.4 is 0 Å². The van der Waals surface area contributed by atoms with Crippen LogP contribution in [0.5, 0.6) is 0 Å². The fourth-order valence-corrected chi connectivity index (χ4v) is 8.70. The van der Waals surface area contributed by atoms with Crippen molar-refractivity contribution in [3.05, 3.63) is 61.2 Å². The van der Waals surface area contributed by atoms with E-state index in [2.05, 4.69) is 29.1 Å². The second-order valence-electron chi connectivity index (χ2n) is 14.6. The molecule has 3 saturated heterocycles. The van der Waals surface area contributed by atoms with Gasteiger partial charge in [0.15, 0.2) is 0 Å². The standard InChI is InChI=1S/C38H54BrN3O7/c1-8-10-20-28(44)40(7)25(3)31(26-18-14-13-15-19-26)48-36(47)29-30-34(45)41(22-16-11-12-17-23-43)33(38(30)24-27(39)32(29)49-38)35(46)42(21-9-2)37(4,5)6/h8-9,13-15,18-19,25,27,29-33,43H,1-2,10-12,16-17,20-24H2,3-7H3/t25-,27?,29+,30-,31+,32+,33+,38-/m1/s1. The van der Waals surface area contributed by atoms with E-state index in [1.165, 1.54) is 0 Å². The summed E-state index contributed by atoms with van der Waals surface area (Å²) in [6.07, 6.45) is 5.99. The lowest BCUT2D eigenvalue weighted by Gasteiger charge is -2.42. The van der Waals surface area contributed by atoms with Crippen molar-refractivity contribution in [3.8, 4) is 0 Å². The number of hydrogen-bond acceptors (Lipinski definition) is 7. The molecule has 1 aromatic rings. The summed E-state index contributed by atoms with van der Waals surface area (Å²) in [5, 5.41) is 9.26. The van der Waals surface area contributed by atoms with Crippen LogP contribution in [0.3, 0.4) is 0 Å². The summed E-state index contributed by atoms with van der Waals surface area (Å²) in [6.45, 7) is 16.0. The Balaban J connectivity index is 1.71. The minimum Gasteiger partial charge on any atom is -0.455 e. The normalized spacial score (nSPS) is 27.0. The predicted octanol–water partition coefficient (Wildman–Crippen LogP) is 5.20. The lowest BCUT2D eigenvalue weighted by Crippen LogP contribution is -2.60. The molecule has 4 rings (SSSR count). The number of carbonyl (C=O) groups is 4. The monoisotopic (exact) mass is 743 g/mol. The van der Waals surface area contributed by atoms with Crippen molar-refractivity contribution < 1.29 is 33.8 Å². The van der Waals surface area contributed by atoms with Crippen molar-refractivity contribution in [2.24, 2.45) is 11.8 Å². The van der Waals surface area contributed by atoms with Gasteiger partial charge >= 0.3 is 5.97 Å². The second kappa shape index (κ2) is 16.3. The van der Waals surface area contributed by atoms with Gasteiger partial charge in [0.2, 0.25) is 17.7 Å². The molecule has 1 unspecified atom stereocenters. The number of carbonyl (C=O) groups excluding carboxylic acids is 4. The zero-order valence-corrected chi connectivity index (χ0v) is 31.3. The first kappa shape index (κ1) is 38.8. The highest BCUT2D eigenvalue weighted by Gasteiger charge is 2.77. The highest BCUT2D eigenvalue weighted by Crippen LogP contribution is 2.60. The number of ether oxygens (including phenoxy) is 2. The van der Waals surface area contributed by atoms with E-state index in [0.29, 0.717) is 38.8 Å². The number of benzene rings is 1. The Hall–Kier alpha value is -3.02. The zero-order chi connectivity index (χ0) is 36.1. The third kappa shape index (κ3) is 7.84. The van der Waals surface area contributed by atoms with Crippen LogP contribution in [-0.2, 0) is 28.7 Å². The van der Waals surface area contributed by atoms with E-state index in [-0.39, 0.29) is 35.6 Å². The van der Waals surface area contributed by atoms with Gasteiger partial charge in [0.05, 0.1) is 24.0 Å². The number of esters is 1. The van der Waals surface area contributed by atoms with Gasteiger partial charge < -0.3 is 29.3 Å². The number of likely N-dealkylation sites (tertiary alicyclic amines) is 1. The molecular formula is C38H54BrN3O7. The maximum atomic E-state index is 14.6. The number of rotatable bonds is 17. The smallest absolute Gasteiger partial charge is 0.313 e. The minimum absolute atomic E-state index is 0.100. The maximum absolute atomic E-state index is 14.6. The highest BCUT2D eigenvalue weighted by molar-refractivity contribution is 9.09. The molecule has 3 heterocycles. The molecular weight excluding hydrogens is 690 g/mol. The lowest BCUT2D eigenvalue weighted by atomic mass is 9.70. The number of nitrogens with zero attached hydrogens (tertiary/aromatic N) is 3. The van der Waals surface area contributed by atoms with E-state index >= 15 is 0 Å². The van der Waals surface area contributed by atoms with Gasteiger partial charge in [-0.15, -0.1) is 13.2 Å². The Morgan fingerprint density at radius 1 is 1.14 bits per heavy atom. The summed E-state index contributed by atoms with van der Waals surface area (Å²) in [5.41, 5.74) is -1.06. The maximum Gasteiger partial charge on any atom is 0.313 e. The average molecular weight is 745 g/mol. The Kier molecular flexibility index (Phi) is 12.9. The molecule has 49 heavy (non-hydrogen) atoms. The van der Waals surface area contributed by atoms with Crippen LogP contribution >= 0.6 is 15.9 Å². The first-order chi connectivity index (χ1) is 23.2. The summed E-state index contributed by atoms with van der Waals surface area (Å²) >= 11 is 3.76. The van der Waals surface area contributed by atoms with Crippen molar-refractivity contribution in [2.45, 2.75) is 113 Å². The number of hydrogen-bond donors (Lipinski definition) is 1. The van der Waals surface area contributed by atoms with Crippen molar-refractivity contribution >= 4 is 39.6 Å². The van der Waals surface area contributed by atoms with Gasteiger partial charge in [0.25, 0.3) is 0 Å². The van der Waals surface area contributed by atoms with Gasteiger partial charge in [-0.25, -0.2) is 0 Å². The Labute approximate surface area is 300 Å². The minimum atomic E-state index is -1.22. The molecule has 1 aromatic carbocycles. The number of allylic oxidation sites excluding steroid dienone is 1. The largest absolute Gasteiger partial charge is 0.455 e. The van der Waals surface area contributed by atoms with Gasteiger partial charge in [0, 0.05) is 43.5 Å². The molecule has 3 fully saturated rings. The Bertz CT molecular complexity index is 1370. The van der Waals surface area contributed by atoms with E-state index in [4.69, 9.17) is 9.47 Å². The van der Waals surface area contributed by atoms with Gasteiger partial charge in [-0.3, -0.25) is 19.2 Å². The first-order valence-electron chi connectivity index (χ1n) is 17.5. The van der Waals surface area contributed by atoms with Crippen LogP contribution in [-0.4, -0.2) is 104 Å². The van der Waals surface area contributed by atoms with Crippen molar-refractivity contribution in [1.29, 1.82) is 0 Å². The number of aliphatic hydroxyl groups excluding tert-OH is 1. The molecule has 3 aliphatic rings. The quantitative estimate of drug-likeness (QED) is 0.101. The van der Waals surface area contributed by atoms with Crippen LogP contribution in [0.25, 0.3) is 0 Å². The van der Waals surface area contributed by atoms with Crippen LogP contribution in [0.4, 0.5) is 0 Å². The molecule has 3 aliphatic heterocycles. The molecule has 0 aliphatic carbocycles. The Morgan fingerprint density at radius 2 is 1.82 bits per heavy atom. The highest BCUT2D eigenvalue weighted by atomic mass is 79.9. The van der Waals surface area contributed by atoms with Crippen molar-refractivity contribution in [3.63, 3.8) is 0 Å². The topological polar surface area (TPSA) is 117 Å². The average Bonchev–Trinajstić information content (AvgIpc) is 3.66. The predicted molar refractivity (Wildman–Crippen MR) is 192 cm³/mol. The number of aliphatic hydroxyl groups is 1. The molecule has 2 bridgehead atoms. The third-order valence-electron chi connectivity index (χ3n) is 10.4. The third-order valence-corrected chi connectivity index (χ3v) is 11.2. The molecule has 11 heteroatoms. The lowest BCUT2D eigenvalue weighted by molar-refractivity contribution is -0.164. The number of amides is 3. The van der Waals surface area contributed by atoms with Gasteiger partial charge in [0.1, 0.15) is 17.7 Å². The summed E-state index contributed by atoms with van der Waals surface area (Å²) in [6, 6.07) is 7.85. The molecule has 10 nitrogen and oxygen atoms in total. The van der Waals surface area contributed by atoms with Crippen LogP contribution in [0, 0.1) is 11.8 Å². The van der Waals surface area contributed by atoms with Crippen molar-refractivity contribution in [2.75, 3.05) is 26.7 Å². The van der Waals surface area contributed by atoms with Gasteiger partial charge in [-0.1, -0.05) is 71.3 Å². The zero-order valence-electron chi connectivity index (χ0n) is 29.7. The summed E-state index contributed by atoms with van der Waals surface area (Å²) in [5.74, 6) is -3.06. The molecule has 8 atom stereocenters. The van der Waals surface area contributed by atoms with E-state index < -0.39 is 53.2 Å². The van der Waals surface area contributed by atoms with E-state index in [1.54, 1.807) is 33.9 Å². The molecule has 3 amide bonds. The van der Waals surface area contributed by atoms with E-state index in [9.17, 15) is 24.3 Å². The summed E-state index contributed by atoms with van der Waals surface area (Å²) in [7, 11) is 1.70. The van der Waals surface area contributed by atoms with Gasteiger partial charge in [-0.2, -0.15) is 0 Å². The molecule has 0 radical (unpaired) electrons. The first-order valence-corrected chi connectivity index (χ1v) is 18.4. The van der Waals surface area contributed by atoms with Crippen LogP contribution in [0.2, 0.25) is 0 Å². The van der Waals surface area contributed by atoms with Gasteiger partial charge in [-0.05, 0) is 58.9 Å². The summed E-state index contributed by atoms with van der Waals surface area (Å²) < 4.78 is 13.1. The van der Waals surface area contributed by atoms with E-state index in [1.807, 2.05) is 58.0 Å². The molecule has 1 spiro atoms. The number of halogens is 1. The fraction of sp³-hybridized carbons (Fsp3) is 0.632.